The largest absolute Gasteiger partial charge is 0.369 e. The van der Waals surface area contributed by atoms with Gasteiger partial charge in [0, 0.05) is 30.2 Å². The molecule has 1 aliphatic heterocycles. The van der Waals surface area contributed by atoms with Crippen LogP contribution in [-0.4, -0.2) is 46.3 Å². The highest BCUT2D eigenvalue weighted by molar-refractivity contribution is 7.15. The first-order valence-electron chi connectivity index (χ1n) is 10.4. The van der Waals surface area contributed by atoms with E-state index >= 15 is 0 Å². The predicted octanol–water partition coefficient (Wildman–Crippen LogP) is 2.73. The van der Waals surface area contributed by atoms with Crippen molar-refractivity contribution in [2.24, 2.45) is 5.73 Å². The number of benzene rings is 1. The van der Waals surface area contributed by atoms with Gasteiger partial charge in [0.15, 0.2) is 5.13 Å². The molecule has 1 saturated heterocycles. The maximum Gasteiger partial charge on any atom is 0.240 e. The zero-order valence-corrected chi connectivity index (χ0v) is 18.3. The van der Waals surface area contributed by atoms with Crippen molar-refractivity contribution in [2.75, 3.05) is 25.0 Å². The van der Waals surface area contributed by atoms with E-state index in [1.165, 1.54) is 17.4 Å². The van der Waals surface area contributed by atoms with Crippen LogP contribution in [0, 0.1) is 5.82 Å². The van der Waals surface area contributed by atoms with Crippen molar-refractivity contribution in [3.8, 4) is 0 Å². The van der Waals surface area contributed by atoms with E-state index in [0.29, 0.717) is 42.3 Å². The number of pyridine rings is 1. The van der Waals surface area contributed by atoms with Crippen molar-refractivity contribution in [1.82, 2.24) is 14.9 Å². The SMILES string of the molecule is NC(=O)[C@@]1(c2ccccn2)CCCN(CC(=O)Nc2ncc(Cc3ccccc3F)s2)C1. The van der Waals surface area contributed by atoms with Crippen molar-refractivity contribution in [3.05, 3.63) is 76.8 Å². The maximum atomic E-state index is 13.9. The summed E-state index contributed by atoms with van der Waals surface area (Å²) in [5, 5.41) is 3.27. The smallest absolute Gasteiger partial charge is 0.240 e. The molecule has 1 aromatic carbocycles. The number of carbonyl (C=O) groups excluding carboxylic acids is 2. The molecule has 0 radical (unpaired) electrons. The molecule has 1 aliphatic rings. The molecule has 0 saturated carbocycles. The molecule has 2 aromatic heterocycles. The molecule has 3 aromatic rings. The van der Waals surface area contributed by atoms with Crippen LogP contribution in [0.15, 0.2) is 54.9 Å². The summed E-state index contributed by atoms with van der Waals surface area (Å²) in [4.78, 5) is 36.4. The summed E-state index contributed by atoms with van der Waals surface area (Å²) < 4.78 is 13.9. The van der Waals surface area contributed by atoms with Crippen molar-refractivity contribution < 1.29 is 14.0 Å². The molecular formula is C23H24FN5O2S. The minimum Gasteiger partial charge on any atom is -0.369 e. The summed E-state index contributed by atoms with van der Waals surface area (Å²) in [7, 11) is 0. The van der Waals surface area contributed by atoms with Gasteiger partial charge in [0.05, 0.1) is 12.2 Å². The van der Waals surface area contributed by atoms with Crippen LogP contribution in [-0.2, 0) is 21.4 Å². The lowest BCUT2D eigenvalue weighted by Gasteiger charge is -2.39. The van der Waals surface area contributed by atoms with Crippen molar-refractivity contribution >= 4 is 28.3 Å². The molecule has 4 rings (SSSR count). The average Bonchev–Trinajstić information content (AvgIpc) is 3.22. The number of nitrogens with one attached hydrogen (secondary N) is 1. The van der Waals surface area contributed by atoms with Crippen LogP contribution >= 0.6 is 11.3 Å². The van der Waals surface area contributed by atoms with E-state index in [1.54, 1.807) is 42.7 Å². The number of halogens is 1. The van der Waals surface area contributed by atoms with Gasteiger partial charge in [0.25, 0.3) is 0 Å². The maximum absolute atomic E-state index is 13.9. The van der Waals surface area contributed by atoms with E-state index in [9.17, 15) is 14.0 Å². The Kier molecular flexibility index (Phi) is 6.57. The fourth-order valence-corrected chi connectivity index (χ4v) is 4.95. The highest BCUT2D eigenvalue weighted by atomic mass is 32.1. The monoisotopic (exact) mass is 453 g/mol. The Bertz CT molecular complexity index is 1110. The van der Waals surface area contributed by atoms with Gasteiger partial charge in [-0.3, -0.25) is 19.5 Å². The van der Waals surface area contributed by atoms with E-state index < -0.39 is 11.3 Å². The molecule has 7 nitrogen and oxygen atoms in total. The van der Waals surface area contributed by atoms with Gasteiger partial charge in [-0.2, -0.15) is 0 Å². The molecule has 32 heavy (non-hydrogen) atoms. The van der Waals surface area contributed by atoms with Gasteiger partial charge in [-0.25, -0.2) is 9.37 Å². The number of likely N-dealkylation sites (tertiary alicyclic amines) is 1. The second kappa shape index (κ2) is 9.54. The molecule has 0 spiro atoms. The topological polar surface area (TPSA) is 101 Å². The number of primary amides is 1. The third-order valence-electron chi connectivity index (χ3n) is 5.69. The van der Waals surface area contributed by atoms with E-state index in [-0.39, 0.29) is 18.3 Å². The summed E-state index contributed by atoms with van der Waals surface area (Å²) in [5.41, 5.74) is 6.09. The zero-order chi connectivity index (χ0) is 22.6. The fraction of sp³-hybridized carbons (Fsp3) is 0.304. The van der Waals surface area contributed by atoms with Gasteiger partial charge in [-0.05, 0) is 43.1 Å². The van der Waals surface area contributed by atoms with Gasteiger partial charge >= 0.3 is 0 Å². The number of nitrogens with two attached hydrogens (primary N) is 1. The molecule has 9 heteroatoms. The van der Waals surface area contributed by atoms with Gasteiger partial charge in [-0.1, -0.05) is 24.3 Å². The molecule has 0 unspecified atom stereocenters. The lowest BCUT2D eigenvalue weighted by atomic mass is 9.76. The summed E-state index contributed by atoms with van der Waals surface area (Å²) in [6, 6.07) is 12.0. The Morgan fingerprint density at radius 3 is 2.75 bits per heavy atom. The molecule has 0 aliphatic carbocycles. The van der Waals surface area contributed by atoms with Crippen LogP contribution in [0.1, 0.15) is 29.0 Å². The van der Waals surface area contributed by atoms with Gasteiger partial charge in [-0.15, -0.1) is 11.3 Å². The number of thiazole rings is 1. The van der Waals surface area contributed by atoms with Gasteiger partial charge in [0.1, 0.15) is 11.2 Å². The van der Waals surface area contributed by atoms with Crippen molar-refractivity contribution in [2.45, 2.75) is 24.7 Å². The van der Waals surface area contributed by atoms with Crippen LogP contribution < -0.4 is 11.1 Å². The number of hydrogen-bond acceptors (Lipinski definition) is 6. The Hall–Kier alpha value is -3.17. The van der Waals surface area contributed by atoms with Gasteiger partial charge in [0.2, 0.25) is 11.8 Å². The summed E-state index contributed by atoms with van der Waals surface area (Å²) in [6.45, 7) is 1.14. The quantitative estimate of drug-likeness (QED) is 0.573. The predicted molar refractivity (Wildman–Crippen MR) is 121 cm³/mol. The molecule has 3 heterocycles. The molecular weight excluding hydrogens is 429 g/mol. The number of carbonyl (C=O) groups is 2. The summed E-state index contributed by atoms with van der Waals surface area (Å²) in [5.74, 6) is -0.917. The first kappa shape index (κ1) is 22.0. The van der Waals surface area contributed by atoms with Crippen LogP contribution in [0.2, 0.25) is 0 Å². The first-order chi connectivity index (χ1) is 15.5. The summed E-state index contributed by atoms with van der Waals surface area (Å²) in [6.07, 6.45) is 5.04. The van der Waals surface area contributed by atoms with E-state index in [4.69, 9.17) is 5.73 Å². The van der Waals surface area contributed by atoms with Gasteiger partial charge < -0.3 is 11.1 Å². The standard InChI is InChI=1S/C23H24FN5O2S/c24-18-7-2-1-6-16(18)12-17-13-27-22(32-17)28-20(30)14-29-11-5-9-23(15-29,21(25)31)19-8-3-4-10-26-19/h1-4,6-8,10,13H,5,9,11-12,14-15H2,(H2,25,31)(H,27,28,30)/t23-/m0/s1. The molecule has 3 N–H and O–H groups in total. The Balaban J connectivity index is 1.38. The normalized spacial score (nSPS) is 18.9. The van der Waals surface area contributed by atoms with Crippen LogP contribution in [0.25, 0.3) is 0 Å². The van der Waals surface area contributed by atoms with E-state index in [1.807, 2.05) is 11.0 Å². The lowest BCUT2D eigenvalue weighted by Crippen LogP contribution is -2.55. The Morgan fingerprint density at radius 2 is 2.00 bits per heavy atom. The van der Waals surface area contributed by atoms with Crippen LogP contribution in [0.5, 0.6) is 0 Å². The van der Waals surface area contributed by atoms with E-state index in [0.717, 1.165) is 11.3 Å². The van der Waals surface area contributed by atoms with Crippen LogP contribution in [0.4, 0.5) is 9.52 Å². The number of piperidine rings is 1. The number of anilines is 1. The highest BCUT2D eigenvalue weighted by Crippen LogP contribution is 2.33. The molecule has 166 valence electrons. The minimum absolute atomic E-state index is 0.115. The second-order valence-corrected chi connectivity index (χ2v) is 9.04. The molecule has 1 fully saturated rings. The molecule has 1 atom stereocenters. The van der Waals surface area contributed by atoms with Crippen LogP contribution in [0.3, 0.4) is 0 Å². The number of amides is 2. The van der Waals surface area contributed by atoms with E-state index in [2.05, 4.69) is 15.3 Å². The Morgan fingerprint density at radius 1 is 1.19 bits per heavy atom. The lowest BCUT2D eigenvalue weighted by molar-refractivity contribution is -0.127. The number of nitrogens with zero attached hydrogens (tertiary/aromatic N) is 3. The van der Waals surface area contributed by atoms with Crippen molar-refractivity contribution in [1.29, 1.82) is 0 Å². The average molecular weight is 454 g/mol. The number of hydrogen-bond donors (Lipinski definition) is 2. The Labute approximate surface area is 189 Å². The fourth-order valence-electron chi connectivity index (χ4n) is 4.10. The number of aromatic nitrogens is 2. The zero-order valence-electron chi connectivity index (χ0n) is 17.5. The molecule has 2 amide bonds. The third kappa shape index (κ3) is 4.84. The van der Waals surface area contributed by atoms with Crippen molar-refractivity contribution in [3.63, 3.8) is 0 Å². The minimum atomic E-state index is -0.909. The molecule has 0 bridgehead atoms. The summed E-state index contributed by atoms with van der Waals surface area (Å²) >= 11 is 1.32. The second-order valence-electron chi connectivity index (χ2n) is 7.92. The number of rotatable bonds is 7. The third-order valence-corrected chi connectivity index (χ3v) is 6.60. The first-order valence-corrected chi connectivity index (χ1v) is 11.2. The highest BCUT2D eigenvalue weighted by Gasteiger charge is 2.43.